The fourth-order valence-electron chi connectivity index (χ4n) is 4.19. The highest BCUT2D eigenvalue weighted by Crippen LogP contribution is 2.46. The first kappa shape index (κ1) is 22.7. The average Bonchev–Trinajstić information content (AvgIpc) is 3.14. The van der Waals surface area contributed by atoms with Gasteiger partial charge in [0.2, 0.25) is 0 Å². The molecular formula is C24H25N3O5S. The second-order valence-electron chi connectivity index (χ2n) is 8.56. The number of ether oxygens (including phenoxy) is 1. The molecule has 2 aromatic carbocycles. The Kier molecular flexibility index (Phi) is 5.61. The van der Waals surface area contributed by atoms with Crippen molar-refractivity contribution in [3.63, 3.8) is 0 Å². The first-order chi connectivity index (χ1) is 15.5. The van der Waals surface area contributed by atoms with E-state index in [1.165, 1.54) is 19.1 Å². The number of fused-ring (bicyclic) bond motifs is 2. The SMILES string of the molecule is CC(N=C1NS(=O)(=O)c2ccccc21)C(=O)OCC(=O)/C=C1/N(C)c2ccccc2C1(C)C. The number of nitrogens with zero attached hydrogens (tertiary/aromatic N) is 2. The molecule has 0 radical (unpaired) electrons. The number of para-hydroxylation sites is 1. The number of esters is 1. The highest BCUT2D eigenvalue weighted by atomic mass is 32.2. The molecule has 2 aliphatic heterocycles. The van der Waals surface area contributed by atoms with Crippen molar-refractivity contribution in [2.75, 3.05) is 18.6 Å². The van der Waals surface area contributed by atoms with E-state index in [0.717, 1.165) is 16.9 Å². The van der Waals surface area contributed by atoms with Crippen LogP contribution in [-0.2, 0) is 29.8 Å². The van der Waals surface area contributed by atoms with Gasteiger partial charge in [0, 0.05) is 35.5 Å². The summed E-state index contributed by atoms with van der Waals surface area (Å²) in [6, 6.07) is 13.3. The molecule has 0 bridgehead atoms. The summed E-state index contributed by atoms with van der Waals surface area (Å²) >= 11 is 0. The van der Waals surface area contributed by atoms with Crippen LogP contribution in [0, 0.1) is 0 Å². The van der Waals surface area contributed by atoms with Gasteiger partial charge in [-0.1, -0.05) is 44.2 Å². The molecule has 9 heteroatoms. The molecule has 33 heavy (non-hydrogen) atoms. The maximum absolute atomic E-state index is 12.6. The van der Waals surface area contributed by atoms with Crippen LogP contribution in [-0.4, -0.2) is 45.7 Å². The van der Waals surface area contributed by atoms with Crippen LogP contribution in [0.4, 0.5) is 5.69 Å². The largest absolute Gasteiger partial charge is 0.456 e. The fraction of sp³-hybridized carbons (Fsp3) is 0.292. The molecule has 4 rings (SSSR count). The van der Waals surface area contributed by atoms with E-state index in [2.05, 4.69) is 9.71 Å². The standard InChI is InChI=1S/C24H25N3O5S/c1-15(25-22-17-9-5-8-12-20(17)33(30,31)26-22)23(29)32-14-16(28)13-21-24(2,3)18-10-6-7-11-19(18)27(21)4/h5-13,15H,14H2,1-4H3,(H,25,26)/b21-13+. The van der Waals surface area contributed by atoms with Crippen LogP contribution >= 0.6 is 0 Å². The normalized spacial score (nSPS) is 20.8. The number of likely N-dealkylation sites (N-methyl/N-ethyl adjacent to an activating group) is 1. The summed E-state index contributed by atoms with van der Waals surface area (Å²) in [6.45, 7) is 5.14. The highest BCUT2D eigenvalue weighted by Gasteiger charge is 2.38. The lowest BCUT2D eigenvalue weighted by molar-refractivity contribution is -0.147. The number of carbonyl (C=O) groups is 2. The van der Waals surface area contributed by atoms with Crippen molar-refractivity contribution in [3.05, 3.63) is 71.4 Å². The lowest BCUT2D eigenvalue weighted by Gasteiger charge is -2.23. The van der Waals surface area contributed by atoms with Gasteiger partial charge < -0.3 is 9.64 Å². The van der Waals surface area contributed by atoms with E-state index >= 15 is 0 Å². The number of hydrogen-bond donors (Lipinski definition) is 1. The topological polar surface area (TPSA) is 105 Å². The predicted molar refractivity (Wildman–Crippen MR) is 125 cm³/mol. The Labute approximate surface area is 193 Å². The zero-order valence-electron chi connectivity index (χ0n) is 18.8. The molecule has 0 saturated carbocycles. The Bertz CT molecular complexity index is 1310. The molecule has 0 amide bonds. The Balaban J connectivity index is 1.44. The van der Waals surface area contributed by atoms with Crippen LogP contribution in [0.1, 0.15) is 31.9 Å². The van der Waals surface area contributed by atoms with Crippen LogP contribution in [0.15, 0.2) is 70.2 Å². The molecule has 1 atom stereocenters. The molecule has 2 aliphatic rings. The van der Waals surface area contributed by atoms with Gasteiger partial charge in [0.05, 0.1) is 4.90 Å². The second kappa shape index (κ2) is 8.15. The maximum atomic E-state index is 12.6. The van der Waals surface area contributed by atoms with E-state index < -0.39 is 28.6 Å². The summed E-state index contributed by atoms with van der Waals surface area (Å²) in [7, 11) is -1.80. The van der Waals surface area contributed by atoms with Crippen LogP contribution < -0.4 is 9.62 Å². The summed E-state index contributed by atoms with van der Waals surface area (Å²) in [4.78, 5) is 31.3. The van der Waals surface area contributed by atoms with E-state index in [9.17, 15) is 18.0 Å². The Morgan fingerprint density at radius 3 is 2.55 bits per heavy atom. The molecule has 2 heterocycles. The number of rotatable bonds is 5. The number of carbonyl (C=O) groups excluding carboxylic acids is 2. The number of hydrogen-bond acceptors (Lipinski definition) is 7. The third-order valence-corrected chi connectivity index (χ3v) is 7.32. The lowest BCUT2D eigenvalue weighted by atomic mass is 9.83. The second-order valence-corrected chi connectivity index (χ2v) is 10.2. The van der Waals surface area contributed by atoms with Crippen LogP contribution in [0.3, 0.4) is 0 Å². The molecule has 0 saturated heterocycles. The number of aliphatic imine (C=N–C) groups is 1. The number of amidine groups is 1. The van der Waals surface area contributed by atoms with E-state index in [1.54, 1.807) is 18.2 Å². The Morgan fingerprint density at radius 1 is 1.15 bits per heavy atom. The molecule has 8 nitrogen and oxygen atoms in total. The van der Waals surface area contributed by atoms with E-state index in [0.29, 0.717) is 5.56 Å². The van der Waals surface area contributed by atoms with Crippen molar-refractivity contribution in [1.29, 1.82) is 0 Å². The minimum Gasteiger partial charge on any atom is -0.456 e. The number of sulfonamides is 1. The van der Waals surface area contributed by atoms with Gasteiger partial charge in [0.1, 0.15) is 11.9 Å². The third kappa shape index (κ3) is 4.04. The molecule has 1 N–H and O–H groups in total. The zero-order chi connectivity index (χ0) is 24.0. The average molecular weight is 468 g/mol. The van der Waals surface area contributed by atoms with Crippen molar-refractivity contribution >= 4 is 33.3 Å². The molecular weight excluding hydrogens is 442 g/mol. The molecule has 0 spiro atoms. The molecule has 172 valence electrons. The molecule has 0 aromatic heterocycles. The van der Waals surface area contributed by atoms with E-state index in [-0.39, 0.29) is 21.9 Å². The number of nitrogens with one attached hydrogen (secondary N) is 1. The van der Waals surface area contributed by atoms with Gasteiger partial charge in [-0.15, -0.1) is 0 Å². The summed E-state index contributed by atoms with van der Waals surface area (Å²) in [5.41, 5.74) is 2.99. The lowest BCUT2D eigenvalue weighted by Crippen LogP contribution is -2.28. The number of allylic oxidation sites excluding steroid dienone is 1. The predicted octanol–water partition coefficient (Wildman–Crippen LogP) is 2.54. The van der Waals surface area contributed by atoms with Crippen LogP contribution in [0.5, 0.6) is 0 Å². The van der Waals surface area contributed by atoms with E-state index in [1.807, 2.05) is 50.1 Å². The Hall–Kier alpha value is -3.46. The summed E-state index contributed by atoms with van der Waals surface area (Å²) < 4.78 is 31.9. The zero-order valence-corrected chi connectivity index (χ0v) is 19.6. The van der Waals surface area contributed by atoms with Gasteiger partial charge in [-0.3, -0.25) is 14.5 Å². The summed E-state index contributed by atoms with van der Waals surface area (Å²) in [6.07, 6.45) is 1.51. The van der Waals surface area contributed by atoms with Gasteiger partial charge in [0.15, 0.2) is 12.4 Å². The van der Waals surface area contributed by atoms with Gasteiger partial charge in [-0.2, -0.15) is 0 Å². The first-order valence-corrected chi connectivity index (χ1v) is 12.0. The van der Waals surface area contributed by atoms with Crippen molar-refractivity contribution in [2.24, 2.45) is 4.99 Å². The maximum Gasteiger partial charge on any atom is 0.331 e. The minimum atomic E-state index is -3.70. The monoisotopic (exact) mass is 467 g/mol. The minimum absolute atomic E-state index is 0.0792. The van der Waals surface area contributed by atoms with Gasteiger partial charge >= 0.3 is 5.97 Å². The van der Waals surface area contributed by atoms with Crippen LogP contribution in [0.2, 0.25) is 0 Å². The summed E-state index contributed by atoms with van der Waals surface area (Å²) in [5, 5.41) is 0. The summed E-state index contributed by atoms with van der Waals surface area (Å²) in [5.74, 6) is -0.992. The number of ketones is 1. The van der Waals surface area contributed by atoms with Gasteiger partial charge in [-0.05, 0) is 30.7 Å². The Morgan fingerprint density at radius 2 is 1.82 bits per heavy atom. The smallest absolute Gasteiger partial charge is 0.331 e. The quantitative estimate of drug-likeness (QED) is 0.535. The first-order valence-electron chi connectivity index (χ1n) is 10.5. The molecule has 0 fully saturated rings. The number of benzene rings is 2. The molecule has 2 aromatic rings. The number of anilines is 1. The fourth-order valence-corrected chi connectivity index (χ4v) is 5.43. The van der Waals surface area contributed by atoms with Gasteiger partial charge in [-0.25, -0.2) is 13.2 Å². The molecule has 0 aliphatic carbocycles. The van der Waals surface area contributed by atoms with Crippen LogP contribution in [0.25, 0.3) is 0 Å². The molecule has 1 unspecified atom stereocenters. The van der Waals surface area contributed by atoms with Crippen molar-refractivity contribution in [2.45, 2.75) is 37.1 Å². The van der Waals surface area contributed by atoms with Crippen molar-refractivity contribution in [3.8, 4) is 0 Å². The van der Waals surface area contributed by atoms with E-state index in [4.69, 9.17) is 4.74 Å². The van der Waals surface area contributed by atoms with Crippen molar-refractivity contribution < 1.29 is 22.7 Å². The van der Waals surface area contributed by atoms with Crippen molar-refractivity contribution in [1.82, 2.24) is 4.72 Å². The van der Waals surface area contributed by atoms with Gasteiger partial charge in [0.25, 0.3) is 10.0 Å². The highest BCUT2D eigenvalue weighted by molar-refractivity contribution is 7.90. The third-order valence-electron chi connectivity index (χ3n) is 5.92.